The number of fused-ring (bicyclic) bond motifs is 3. The molecule has 1 N–H and O–H groups in total. The predicted molar refractivity (Wildman–Crippen MR) is 144 cm³/mol. The quantitative estimate of drug-likeness (QED) is 0.179. The molecule has 1 aliphatic carbocycles. The van der Waals surface area contributed by atoms with Crippen LogP contribution in [0.2, 0.25) is 0 Å². The first-order valence-corrected chi connectivity index (χ1v) is 11.7. The summed E-state index contributed by atoms with van der Waals surface area (Å²) in [6.07, 6.45) is 4.11. The lowest BCUT2D eigenvalue weighted by Crippen LogP contribution is -1.97. The van der Waals surface area contributed by atoms with Crippen LogP contribution >= 0.6 is 15.9 Å². The van der Waals surface area contributed by atoms with Crippen molar-refractivity contribution in [2.75, 3.05) is 0 Å². The van der Waals surface area contributed by atoms with Gasteiger partial charge in [0.25, 0.3) is 11.4 Å². The van der Waals surface area contributed by atoms with Crippen molar-refractivity contribution in [3.8, 4) is 17.0 Å². The topological polar surface area (TPSA) is 163 Å². The number of nitro groups is 3. The van der Waals surface area contributed by atoms with Gasteiger partial charge in [-0.1, -0.05) is 57.9 Å². The third-order valence-electron chi connectivity index (χ3n) is 5.66. The zero-order valence-electron chi connectivity index (χ0n) is 19.6. The molecular weight excluding hydrogens is 560 g/mol. The number of phenolic OH excluding ortho intramolecular Hbond substituents is 1. The molecule has 0 atom stereocenters. The number of rotatable bonds is 4. The van der Waals surface area contributed by atoms with E-state index in [4.69, 9.17) is 5.11 Å². The summed E-state index contributed by atoms with van der Waals surface area (Å²) in [7, 11) is 0. The van der Waals surface area contributed by atoms with Gasteiger partial charge in [-0.2, -0.15) is 0 Å². The minimum Gasteiger partial charge on any atom is -0.497 e. The molecule has 3 aromatic carbocycles. The SMILES string of the molecule is Cc1ccc2c(c1)/C(=C/c1ccc(Br)cc1)c1cccnc1-2.O=[N+]([O-])c1cc([N+](=O)[O-])c(O)c([N+](=O)[O-])c1. The second kappa shape index (κ2) is 10.6. The van der Waals surface area contributed by atoms with Gasteiger partial charge in [0.15, 0.2) is 0 Å². The monoisotopic (exact) mass is 576 g/mol. The highest BCUT2D eigenvalue weighted by Gasteiger charge is 2.30. The number of nitrogens with zero attached hydrogens (tertiary/aromatic N) is 4. The van der Waals surface area contributed by atoms with Gasteiger partial charge in [-0.15, -0.1) is 0 Å². The molecule has 1 aromatic heterocycles. The average Bonchev–Trinajstić information content (AvgIpc) is 3.18. The van der Waals surface area contributed by atoms with Gasteiger partial charge in [0.2, 0.25) is 0 Å². The zero-order valence-corrected chi connectivity index (χ0v) is 21.2. The molecule has 0 amide bonds. The second-order valence-electron chi connectivity index (χ2n) is 8.16. The van der Waals surface area contributed by atoms with Crippen molar-refractivity contribution >= 4 is 44.6 Å². The van der Waals surface area contributed by atoms with Crippen LogP contribution in [0.4, 0.5) is 17.1 Å². The molecule has 11 nitrogen and oxygen atoms in total. The number of halogens is 1. The highest BCUT2D eigenvalue weighted by Crippen LogP contribution is 2.44. The number of aryl methyl sites for hydroxylation is 1. The summed E-state index contributed by atoms with van der Waals surface area (Å²) in [6, 6.07) is 20.0. The Bertz CT molecular complexity index is 1600. The Morgan fingerprint density at radius 2 is 1.45 bits per heavy atom. The third-order valence-corrected chi connectivity index (χ3v) is 6.19. The first kappa shape index (κ1) is 26.1. The van der Waals surface area contributed by atoms with E-state index >= 15 is 0 Å². The number of hydrogen-bond acceptors (Lipinski definition) is 8. The molecule has 190 valence electrons. The second-order valence-corrected chi connectivity index (χ2v) is 9.08. The Hall–Kier alpha value is -4.97. The average molecular weight is 577 g/mol. The van der Waals surface area contributed by atoms with Crippen molar-refractivity contribution in [1.82, 2.24) is 4.98 Å². The lowest BCUT2D eigenvalue weighted by molar-refractivity contribution is -0.404. The Balaban J connectivity index is 0.000000188. The van der Waals surface area contributed by atoms with Crippen LogP contribution in [-0.4, -0.2) is 24.9 Å². The van der Waals surface area contributed by atoms with E-state index in [9.17, 15) is 30.3 Å². The molecular formula is C26H17BrN4O7. The molecule has 0 unspecified atom stereocenters. The summed E-state index contributed by atoms with van der Waals surface area (Å²) in [6.45, 7) is 2.13. The normalized spacial score (nSPS) is 12.2. The third kappa shape index (κ3) is 5.25. The first-order chi connectivity index (χ1) is 18.1. The summed E-state index contributed by atoms with van der Waals surface area (Å²) in [5.74, 6) is -1.21. The van der Waals surface area contributed by atoms with Crippen molar-refractivity contribution in [3.05, 3.63) is 130 Å². The maximum atomic E-state index is 10.4. The molecule has 5 rings (SSSR count). The van der Waals surface area contributed by atoms with Crippen molar-refractivity contribution in [3.63, 3.8) is 0 Å². The van der Waals surface area contributed by atoms with Gasteiger partial charge in [0.1, 0.15) is 0 Å². The maximum Gasteiger partial charge on any atom is 0.324 e. The van der Waals surface area contributed by atoms with Crippen LogP contribution in [0, 0.1) is 37.3 Å². The Morgan fingerprint density at radius 3 is 2.03 bits per heavy atom. The highest BCUT2D eigenvalue weighted by molar-refractivity contribution is 9.10. The van der Waals surface area contributed by atoms with Gasteiger partial charge in [-0.25, -0.2) is 0 Å². The van der Waals surface area contributed by atoms with Crippen molar-refractivity contribution in [1.29, 1.82) is 0 Å². The molecule has 0 aliphatic heterocycles. The van der Waals surface area contributed by atoms with Crippen molar-refractivity contribution < 1.29 is 19.9 Å². The highest BCUT2D eigenvalue weighted by atomic mass is 79.9. The lowest BCUT2D eigenvalue weighted by Gasteiger charge is -2.04. The molecule has 12 heteroatoms. The molecule has 0 saturated carbocycles. The Morgan fingerprint density at radius 1 is 0.816 bits per heavy atom. The number of hydrogen-bond donors (Lipinski definition) is 1. The minimum absolute atomic E-state index is 0.447. The number of benzene rings is 3. The number of pyridine rings is 1. The largest absolute Gasteiger partial charge is 0.497 e. The molecule has 4 aromatic rings. The van der Waals surface area contributed by atoms with E-state index in [-0.39, 0.29) is 0 Å². The van der Waals surface area contributed by atoms with Crippen LogP contribution in [0.1, 0.15) is 22.3 Å². The number of phenols is 1. The molecule has 0 bridgehead atoms. The smallest absolute Gasteiger partial charge is 0.324 e. The van der Waals surface area contributed by atoms with Crippen LogP contribution in [0.3, 0.4) is 0 Å². The van der Waals surface area contributed by atoms with Crippen LogP contribution in [0.5, 0.6) is 5.75 Å². The van der Waals surface area contributed by atoms with E-state index < -0.39 is 37.6 Å². The van der Waals surface area contributed by atoms with Gasteiger partial charge < -0.3 is 5.11 Å². The summed E-state index contributed by atoms with van der Waals surface area (Å²) in [5.41, 5.74) is 5.52. The van der Waals surface area contributed by atoms with Crippen molar-refractivity contribution in [2.24, 2.45) is 0 Å². The Kier molecular flexibility index (Phi) is 7.26. The van der Waals surface area contributed by atoms with Gasteiger partial charge >= 0.3 is 11.4 Å². The summed E-state index contributed by atoms with van der Waals surface area (Å²) in [4.78, 5) is 32.4. The standard InChI is InChI=1S/C20H14BrN.C6H3N3O7/c1-13-4-9-17-18(11-13)19(16-3-2-10-22-20(16)17)12-14-5-7-15(21)8-6-14;10-6-4(8(13)14)1-3(7(11)12)2-5(6)9(15)16/h2-12H,1H3;1-2,10H/b19-12+;. The fourth-order valence-electron chi connectivity index (χ4n) is 3.92. The van der Waals surface area contributed by atoms with E-state index in [2.05, 4.69) is 82.4 Å². The molecule has 38 heavy (non-hydrogen) atoms. The van der Waals surface area contributed by atoms with Crippen LogP contribution in [0.25, 0.3) is 22.9 Å². The van der Waals surface area contributed by atoms with E-state index in [1.807, 2.05) is 12.3 Å². The summed E-state index contributed by atoms with van der Waals surface area (Å²) in [5, 5.41) is 40.2. The van der Waals surface area contributed by atoms with E-state index in [0.29, 0.717) is 12.1 Å². The molecule has 1 heterocycles. The van der Waals surface area contributed by atoms with Gasteiger partial charge in [-0.3, -0.25) is 35.3 Å². The number of aromatic nitrogens is 1. The molecule has 0 fully saturated rings. The van der Waals surface area contributed by atoms with Gasteiger partial charge in [0.05, 0.1) is 32.6 Å². The van der Waals surface area contributed by atoms with Crippen LogP contribution in [0.15, 0.2) is 77.4 Å². The fourth-order valence-corrected chi connectivity index (χ4v) is 4.19. The predicted octanol–water partition coefficient (Wildman–Crippen LogP) is 6.84. The van der Waals surface area contributed by atoms with E-state index in [0.717, 1.165) is 10.2 Å². The van der Waals surface area contributed by atoms with Gasteiger partial charge in [0, 0.05) is 21.8 Å². The Labute approximate surface area is 223 Å². The maximum absolute atomic E-state index is 10.4. The number of non-ortho nitro benzene ring substituents is 1. The van der Waals surface area contributed by atoms with E-state index in [1.54, 1.807) is 0 Å². The summed E-state index contributed by atoms with van der Waals surface area (Å²) >= 11 is 3.49. The molecule has 1 aliphatic rings. The number of nitro benzene ring substituents is 3. The van der Waals surface area contributed by atoms with Crippen molar-refractivity contribution in [2.45, 2.75) is 6.92 Å². The summed E-state index contributed by atoms with van der Waals surface area (Å²) < 4.78 is 1.10. The fraction of sp³-hybridized carbons (Fsp3) is 0.0385. The molecule has 0 radical (unpaired) electrons. The van der Waals surface area contributed by atoms with Crippen LogP contribution in [-0.2, 0) is 0 Å². The minimum atomic E-state index is -1.21. The first-order valence-electron chi connectivity index (χ1n) is 10.9. The van der Waals surface area contributed by atoms with E-state index in [1.165, 1.54) is 33.4 Å². The molecule has 0 spiro atoms. The molecule has 0 saturated heterocycles. The lowest BCUT2D eigenvalue weighted by atomic mass is 10.00. The number of aromatic hydroxyl groups is 1. The zero-order chi connectivity index (χ0) is 27.6. The van der Waals surface area contributed by atoms with Crippen LogP contribution < -0.4 is 0 Å². The van der Waals surface area contributed by atoms with Gasteiger partial charge in [-0.05, 0) is 47.9 Å².